The number of hydrogen-bond acceptors (Lipinski definition) is 4. The highest BCUT2D eigenvalue weighted by atomic mass is 79.9. The fourth-order valence-electron chi connectivity index (χ4n) is 2.65. The first-order chi connectivity index (χ1) is 11.5. The number of carbonyl (C=O) groups is 1. The number of anilines is 1. The van der Waals surface area contributed by atoms with Crippen molar-refractivity contribution in [3.8, 4) is 0 Å². The van der Waals surface area contributed by atoms with Gasteiger partial charge in [-0.1, -0.05) is 23.7 Å². The predicted molar refractivity (Wildman–Crippen MR) is 97.2 cm³/mol. The van der Waals surface area contributed by atoms with Gasteiger partial charge in [0, 0.05) is 30.3 Å². The van der Waals surface area contributed by atoms with Gasteiger partial charge in [-0.2, -0.15) is 0 Å². The van der Waals surface area contributed by atoms with Crippen molar-refractivity contribution >= 4 is 39.1 Å². The molecule has 1 aliphatic rings. The molecular weight excluding hydrogens is 394 g/mol. The van der Waals surface area contributed by atoms with Crippen LogP contribution in [-0.2, 0) is 6.54 Å². The van der Waals surface area contributed by atoms with Crippen molar-refractivity contribution in [2.24, 2.45) is 0 Å². The Hall–Kier alpha value is -1.47. The molecule has 1 aromatic heterocycles. The normalized spacial score (nSPS) is 17.9. The van der Waals surface area contributed by atoms with Crippen molar-refractivity contribution in [2.45, 2.75) is 19.1 Å². The Morgan fingerprint density at radius 3 is 2.92 bits per heavy atom. The van der Waals surface area contributed by atoms with E-state index in [4.69, 9.17) is 11.6 Å². The maximum atomic E-state index is 12.3. The molecule has 5 nitrogen and oxygen atoms in total. The number of nitrogens with zero attached hydrogens (tertiary/aromatic N) is 2. The third-order valence-corrected chi connectivity index (χ3v) is 5.21. The Balaban J connectivity index is 1.64. The third kappa shape index (κ3) is 4.13. The second-order valence-electron chi connectivity index (χ2n) is 5.78. The Kier molecular flexibility index (Phi) is 5.50. The molecule has 0 aliphatic carbocycles. The topological polar surface area (TPSA) is 65.5 Å². The zero-order chi connectivity index (χ0) is 17.1. The van der Waals surface area contributed by atoms with E-state index >= 15 is 0 Å². The average Bonchev–Trinajstić information content (AvgIpc) is 2.97. The van der Waals surface area contributed by atoms with Crippen molar-refractivity contribution in [3.05, 3.63) is 57.3 Å². The molecule has 0 saturated carbocycles. The zero-order valence-electron chi connectivity index (χ0n) is 12.9. The number of aliphatic hydroxyl groups excluding tert-OH is 1. The summed E-state index contributed by atoms with van der Waals surface area (Å²) in [7, 11) is 0. The second kappa shape index (κ2) is 7.61. The summed E-state index contributed by atoms with van der Waals surface area (Å²) in [5, 5.41) is 12.8. The SMILES string of the molecule is O=C(Nc1cccc(Br)c1Cl)c1ccc(CN2CC[C@H](O)C2)cn1. The molecule has 2 N–H and O–H groups in total. The maximum Gasteiger partial charge on any atom is 0.274 e. The zero-order valence-corrected chi connectivity index (χ0v) is 15.2. The van der Waals surface area contributed by atoms with Crippen LogP contribution in [0.1, 0.15) is 22.5 Å². The molecule has 1 amide bonds. The summed E-state index contributed by atoms with van der Waals surface area (Å²) in [5.74, 6) is -0.307. The number of amides is 1. The summed E-state index contributed by atoms with van der Waals surface area (Å²) in [6.45, 7) is 2.29. The van der Waals surface area contributed by atoms with Gasteiger partial charge in [-0.15, -0.1) is 0 Å². The number of carbonyl (C=O) groups excluding carboxylic acids is 1. The van der Waals surface area contributed by atoms with Gasteiger partial charge in [-0.25, -0.2) is 0 Å². The van der Waals surface area contributed by atoms with Crippen molar-refractivity contribution in [2.75, 3.05) is 18.4 Å². The molecule has 1 atom stereocenters. The number of aliphatic hydroxyl groups is 1. The van der Waals surface area contributed by atoms with Crippen molar-refractivity contribution in [3.63, 3.8) is 0 Å². The number of β-amino-alcohol motifs (C(OH)–C–C–N with tert-alkyl or cyclic N) is 1. The minimum Gasteiger partial charge on any atom is -0.392 e. The van der Waals surface area contributed by atoms with Crippen LogP contribution in [0.15, 0.2) is 41.0 Å². The first-order valence-electron chi connectivity index (χ1n) is 7.63. The van der Waals surface area contributed by atoms with Gasteiger partial charge in [-0.3, -0.25) is 14.7 Å². The van der Waals surface area contributed by atoms with Gasteiger partial charge < -0.3 is 10.4 Å². The Morgan fingerprint density at radius 2 is 2.25 bits per heavy atom. The summed E-state index contributed by atoms with van der Waals surface area (Å²) in [6, 6.07) is 8.92. The molecule has 1 aliphatic heterocycles. The largest absolute Gasteiger partial charge is 0.392 e. The van der Waals surface area contributed by atoms with Gasteiger partial charge in [-0.05, 0) is 46.1 Å². The second-order valence-corrected chi connectivity index (χ2v) is 7.02. The van der Waals surface area contributed by atoms with Gasteiger partial charge in [0.25, 0.3) is 5.91 Å². The summed E-state index contributed by atoms with van der Waals surface area (Å²) in [4.78, 5) is 18.7. The van der Waals surface area contributed by atoms with E-state index < -0.39 is 0 Å². The Morgan fingerprint density at radius 1 is 1.42 bits per heavy atom. The van der Waals surface area contributed by atoms with E-state index in [1.165, 1.54) is 0 Å². The number of rotatable bonds is 4. The molecule has 126 valence electrons. The molecule has 1 saturated heterocycles. The molecule has 0 radical (unpaired) electrons. The average molecular weight is 411 g/mol. The van der Waals surface area contributed by atoms with Crippen LogP contribution in [0.3, 0.4) is 0 Å². The van der Waals surface area contributed by atoms with Crippen LogP contribution >= 0.6 is 27.5 Å². The molecule has 1 fully saturated rings. The van der Waals surface area contributed by atoms with Gasteiger partial charge in [0.15, 0.2) is 0 Å². The van der Waals surface area contributed by atoms with E-state index in [1.807, 2.05) is 6.07 Å². The number of nitrogens with one attached hydrogen (secondary N) is 1. The van der Waals surface area contributed by atoms with Crippen molar-refractivity contribution < 1.29 is 9.90 Å². The highest BCUT2D eigenvalue weighted by Gasteiger charge is 2.20. The fourth-order valence-corrected chi connectivity index (χ4v) is 3.19. The van der Waals surface area contributed by atoms with E-state index in [0.29, 0.717) is 22.9 Å². The molecule has 0 spiro atoms. The first kappa shape index (κ1) is 17.4. The number of benzene rings is 1. The van der Waals surface area contributed by atoms with Gasteiger partial charge in [0.1, 0.15) is 5.69 Å². The number of halogens is 2. The number of likely N-dealkylation sites (tertiary alicyclic amines) is 1. The highest BCUT2D eigenvalue weighted by molar-refractivity contribution is 9.10. The van der Waals surface area contributed by atoms with Gasteiger partial charge in [0.05, 0.1) is 16.8 Å². The Bertz CT molecular complexity index is 739. The predicted octanol–water partition coefficient (Wildman–Crippen LogP) is 3.32. The third-order valence-electron chi connectivity index (χ3n) is 3.91. The highest BCUT2D eigenvalue weighted by Crippen LogP contribution is 2.30. The van der Waals surface area contributed by atoms with E-state index in [1.54, 1.807) is 30.5 Å². The lowest BCUT2D eigenvalue weighted by Gasteiger charge is -2.14. The molecule has 1 aromatic carbocycles. The van der Waals surface area contributed by atoms with Crippen LogP contribution in [0.4, 0.5) is 5.69 Å². The van der Waals surface area contributed by atoms with Gasteiger partial charge in [0.2, 0.25) is 0 Å². The van der Waals surface area contributed by atoms with Crippen molar-refractivity contribution in [1.29, 1.82) is 0 Å². The van der Waals surface area contributed by atoms with Crippen LogP contribution in [-0.4, -0.2) is 40.1 Å². The minimum absolute atomic E-state index is 0.238. The molecule has 0 unspecified atom stereocenters. The smallest absolute Gasteiger partial charge is 0.274 e. The number of aromatic nitrogens is 1. The maximum absolute atomic E-state index is 12.3. The van der Waals surface area contributed by atoms with Crippen LogP contribution in [0.2, 0.25) is 5.02 Å². The van der Waals surface area contributed by atoms with E-state index in [0.717, 1.165) is 29.5 Å². The number of pyridine rings is 1. The van der Waals surface area contributed by atoms with E-state index in [2.05, 4.69) is 31.1 Å². The van der Waals surface area contributed by atoms with E-state index in [9.17, 15) is 9.90 Å². The van der Waals surface area contributed by atoms with Crippen LogP contribution < -0.4 is 5.32 Å². The lowest BCUT2D eigenvalue weighted by Crippen LogP contribution is -2.21. The van der Waals surface area contributed by atoms with Crippen LogP contribution in [0.5, 0.6) is 0 Å². The molecule has 24 heavy (non-hydrogen) atoms. The minimum atomic E-state index is -0.307. The Labute approximate surface area is 153 Å². The van der Waals surface area contributed by atoms with Crippen molar-refractivity contribution in [1.82, 2.24) is 9.88 Å². The summed E-state index contributed by atoms with van der Waals surface area (Å²) in [5.41, 5.74) is 1.88. The lowest BCUT2D eigenvalue weighted by atomic mass is 10.2. The van der Waals surface area contributed by atoms with Crippen LogP contribution in [0, 0.1) is 0 Å². The molecule has 3 rings (SSSR count). The molecule has 7 heteroatoms. The lowest BCUT2D eigenvalue weighted by molar-refractivity contribution is 0.102. The van der Waals surface area contributed by atoms with Gasteiger partial charge >= 0.3 is 0 Å². The van der Waals surface area contributed by atoms with Crippen LogP contribution in [0.25, 0.3) is 0 Å². The summed E-state index contributed by atoms with van der Waals surface area (Å²) < 4.78 is 0.720. The molecule has 2 aromatic rings. The quantitative estimate of drug-likeness (QED) is 0.811. The summed E-state index contributed by atoms with van der Waals surface area (Å²) >= 11 is 9.48. The van der Waals surface area contributed by atoms with E-state index in [-0.39, 0.29) is 12.0 Å². The molecule has 2 heterocycles. The number of hydrogen-bond donors (Lipinski definition) is 2. The fraction of sp³-hybridized carbons (Fsp3) is 0.294. The molecular formula is C17H17BrClN3O2. The molecule has 0 bridgehead atoms. The summed E-state index contributed by atoms with van der Waals surface area (Å²) in [6.07, 6.45) is 2.27. The monoisotopic (exact) mass is 409 g/mol. The first-order valence-corrected chi connectivity index (χ1v) is 8.81. The standard InChI is InChI=1S/C17H17BrClN3O2/c18-13-2-1-3-14(16(13)19)21-17(24)15-5-4-11(8-20-15)9-22-7-6-12(23)10-22/h1-5,8,12,23H,6-7,9-10H2,(H,21,24)/t12-/m0/s1.